The third-order valence-corrected chi connectivity index (χ3v) is 2.59. The van der Waals surface area contributed by atoms with Gasteiger partial charge in [-0.25, -0.2) is 5.01 Å². The van der Waals surface area contributed by atoms with Crippen molar-refractivity contribution in [1.29, 1.82) is 0 Å². The normalized spacial score (nSPS) is 19.3. The molecular weight excluding hydrogens is 218 g/mol. The molecule has 1 saturated heterocycles. The first kappa shape index (κ1) is 14.4. The molecule has 1 rings (SSSR count). The number of likely N-dealkylation sites (N-methyl/N-ethyl adjacent to an activating group) is 1. The van der Waals surface area contributed by atoms with Crippen molar-refractivity contribution in [2.24, 2.45) is 0 Å². The van der Waals surface area contributed by atoms with Gasteiger partial charge in [0.2, 0.25) is 0 Å². The van der Waals surface area contributed by atoms with Gasteiger partial charge < -0.3 is 9.64 Å². The first-order valence-electron chi connectivity index (χ1n) is 6.26. The van der Waals surface area contributed by atoms with E-state index in [1.165, 1.54) is 0 Å². The van der Waals surface area contributed by atoms with E-state index in [1.807, 2.05) is 20.8 Å². The fourth-order valence-corrected chi connectivity index (χ4v) is 1.67. The van der Waals surface area contributed by atoms with E-state index in [4.69, 9.17) is 4.74 Å². The summed E-state index contributed by atoms with van der Waals surface area (Å²) in [4.78, 5) is 13.8. The van der Waals surface area contributed by atoms with Crippen molar-refractivity contribution in [1.82, 2.24) is 15.3 Å². The van der Waals surface area contributed by atoms with Crippen LogP contribution >= 0.6 is 0 Å². The van der Waals surface area contributed by atoms with Crippen molar-refractivity contribution in [3.63, 3.8) is 0 Å². The fraction of sp³-hybridized carbons (Fsp3) is 0.917. The molecule has 0 aromatic carbocycles. The van der Waals surface area contributed by atoms with E-state index in [9.17, 15) is 4.79 Å². The summed E-state index contributed by atoms with van der Waals surface area (Å²) >= 11 is 0. The second-order valence-electron chi connectivity index (χ2n) is 5.53. The molecule has 0 aromatic heterocycles. The van der Waals surface area contributed by atoms with E-state index in [-0.39, 0.29) is 11.6 Å². The van der Waals surface area contributed by atoms with E-state index in [0.29, 0.717) is 13.0 Å². The number of hydrogen-bond acceptors (Lipinski definition) is 5. The first-order chi connectivity index (χ1) is 7.87. The van der Waals surface area contributed by atoms with Crippen LogP contribution in [-0.4, -0.2) is 61.3 Å². The molecule has 0 bridgehead atoms. The minimum absolute atomic E-state index is 0.140. The van der Waals surface area contributed by atoms with Gasteiger partial charge in [0.15, 0.2) is 0 Å². The molecule has 0 atom stereocenters. The summed E-state index contributed by atoms with van der Waals surface area (Å²) in [5.41, 5.74) is 2.88. The molecule has 1 N–H and O–H groups in total. The van der Waals surface area contributed by atoms with Crippen LogP contribution in [0.15, 0.2) is 0 Å². The molecule has 1 aliphatic rings. The maximum atomic E-state index is 11.5. The van der Waals surface area contributed by atoms with Crippen molar-refractivity contribution >= 4 is 5.97 Å². The lowest BCUT2D eigenvalue weighted by Crippen LogP contribution is -2.51. The lowest BCUT2D eigenvalue weighted by Gasteiger charge is -2.32. The lowest BCUT2D eigenvalue weighted by molar-refractivity contribution is -0.154. The number of carbonyl (C=O) groups is 1. The fourth-order valence-electron chi connectivity index (χ4n) is 1.67. The summed E-state index contributed by atoms with van der Waals surface area (Å²) in [7, 11) is 2.12. The van der Waals surface area contributed by atoms with Gasteiger partial charge in [0.05, 0.1) is 6.42 Å². The van der Waals surface area contributed by atoms with Crippen LogP contribution in [0.4, 0.5) is 0 Å². The summed E-state index contributed by atoms with van der Waals surface area (Å²) in [6.45, 7) is 10.5. The summed E-state index contributed by atoms with van der Waals surface area (Å²) in [6.07, 6.45) is 0.420. The summed E-state index contributed by atoms with van der Waals surface area (Å²) in [5, 5.41) is 2.17. The number of piperazine rings is 1. The molecule has 0 amide bonds. The highest BCUT2D eigenvalue weighted by atomic mass is 16.6. The van der Waals surface area contributed by atoms with Crippen molar-refractivity contribution in [2.45, 2.75) is 32.8 Å². The molecule has 0 radical (unpaired) electrons. The quantitative estimate of drug-likeness (QED) is 0.727. The Morgan fingerprint density at radius 2 is 1.82 bits per heavy atom. The van der Waals surface area contributed by atoms with Crippen LogP contribution < -0.4 is 5.43 Å². The lowest BCUT2D eigenvalue weighted by atomic mass is 10.2. The standard InChI is InChI=1S/C12H25N3O2/c1-12(2,3)17-11(16)5-6-13-15-9-7-14(4)8-10-15/h13H,5-10H2,1-4H3. The van der Waals surface area contributed by atoms with Gasteiger partial charge in [0.1, 0.15) is 5.60 Å². The van der Waals surface area contributed by atoms with Crippen molar-refractivity contribution in [2.75, 3.05) is 39.8 Å². The zero-order chi connectivity index (χ0) is 12.9. The smallest absolute Gasteiger partial charge is 0.307 e. The Bertz CT molecular complexity index is 243. The zero-order valence-electron chi connectivity index (χ0n) is 11.5. The van der Waals surface area contributed by atoms with Crippen molar-refractivity contribution < 1.29 is 9.53 Å². The molecule has 0 aliphatic carbocycles. The molecule has 5 nitrogen and oxygen atoms in total. The Hall–Kier alpha value is -0.650. The predicted octanol–water partition coefficient (Wildman–Crippen LogP) is 0.470. The largest absolute Gasteiger partial charge is 0.460 e. The highest BCUT2D eigenvalue weighted by molar-refractivity contribution is 5.70. The van der Waals surface area contributed by atoms with E-state index in [0.717, 1.165) is 26.2 Å². The summed E-state index contributed by atoms with van der Waals surface area (Å²) < 4.78 is 5.24. The summed E-state index contributed by atoms with van der Waals surface area (Å²) in [5.74, 6) is -0.140. The zero-order valence-corrected chi connectivity index (χ0v) is 11.5. The van der Waals surface area contributed by atoms with Crippen molar-refractivity contribution in [3.8, 4) is 0 Å². The Labute approximate surface area is 104 Å². The first-order valence-corrected chi connectivity index (χ1v) is 6.26. The predicted molar refractivity (Wildman–Crippen MR) is 67.5 cm³/mol. The summed E-state index contributed by atoms with van der Waals surface area (Å²) in [6, 6.07) is 0. The second kappa shape index (κ2) is 6.33. The minimum atomic E-state index is -0.384. The third kappa shape index (κ3) is 6.61. The molecule has 0 aromatic rings. The van der Waals surface area contributed by atoms with Gasteiger partial charge >= 0.3 is 5.97 Å². The number of hydrazine groups is 1. The van der Waals surface area contributed by atoms with Gasteiger partial charge in [-0.3, -0.25) is 10.2 Å². The number of nitrogens with zero attached hydrogens (tertiary/aromatic N) is 2. The maximum absolute atomic E-state index is 11.5. The average Bonchev–Trinajstić information content (AvgIpc) is 2.18. The van der Waals surface area contributed by atoms with Crippen LogP contribution in [0.2, 0.25) is 0 Å². The maximum Gasteiger partial charge on any atom is 0.307 e. The Morgan fingerprint density at radius 1 is 1.24 bits per heavy atom. The average molecular weight is 243 g/mol. The molecule has 5 heteroatoms. The van der Waals surface area contributed by atoms with Crippen LogP contribution in [-0.2, 0) is 9.53 Å². The SMILES string of the molecule is CN1CCN(NCCC(=O)OC(C)(C)C)CC1. The van der Waals surface area contributed by atoms with Crippen LogP contribution in [0.25, 0.3) is 0 Å². The van der Waals surface area contributed by atoms with Gasteiger partial charge in [-0.1, -0.05) is 0 Å². The Balaban J connectivity index is 2.09. The van der Waals surface area contributed by atoms with Gasteiger partial charge in [0, 0.05) is 32.7 Å². The molecule has 0 spiro atoms. The minimum Gasteiger partial charge on any atom is -0.460 e. The number of hydrogen-bond donors (Lipinski definition) is 1. The second-order valence-corrected chi connectivity index (χ2v) is 5.53. The molecule has 17 heavy (non-hydrogen) atoms. The van der Waals surface area contributed by atoms with Gasteiger partial charge in [0.25, 0.3) is 0 Å². The molecule has 0 unspecified atom stereocenters. The number of ether oxygens (including phenoxy) is 1. The van der Waals surface area contributed by atoms with E-state index < -0.39 is 0 Å². The van der Waals surface area contributed by atoms with E-state index in [1.54, 1.807) is 0 Å². The van der Waals surface area contributed by atoms with E-state index in [2.05, 4.69) is 22.4 Å². The van der Waals surface area contributed by atoms with Gasteiger partial charge in [-0.05, 0) is 27.8 Å². The molecule has 0 saturated carbocycles. The molecule has 100 valence electrons. The Morgan fingerprint density at radius 3 is 2.35 bits per heavy atom. The number of rotatable bonds is 4. The topological polar surface area (TPSA) is 44.8 Å². The monoisotopic (exact) mass is 243 g/mol. The van der Waals surface area contributed by atoms with Crippen molar-refractivity contribution in [3.05, 3.63) is 0 Å². The van der Waals surface area contributed by atoms with E-state index >= 15 is 0 Å². The van der Waals surface area contributed by atoms with Crippen LogP contribution in [0.3, 0.4) is 0 Å². The van der Waals surface area contributed by atoms with Crippen LogP contribution in [0.1, 0.15) is 27.2 Å². The molecule has 1 fully saturated rings. The van der Waals surface area contributed by atoms with Crippen LogP contribution in [0, 0.1) is 0 Å². The highest BCUT2D eigenvalue weighted by Crippen LogP contribution is 2.07. The third-order valence-electron chi connectivity index (χ3n) is 2.59. The molecule has 1 heterocycles. The number of nitrogens with one attached hydrogen (secondary N) is 1. The molecular formula is C12H25N3O2. The Kier molecular flexibility index (Phi) is 5.36. The highest BCUT2D eigenvalue weighted by Gasteiger charge is 2.17. The van der Waals surface area contributed by atoms with Crippen LogP contribution in [0.5, 0.6) is 0 Å². The number of esters is 1. The van der Waals surface area contributed by atoms with Gasteiger partial charge in [-0.15, -0.1) is 0 Å². The van der Waals surface area contributed by atoms with Gasteiger partial charge in [-0.2, -0.15) is 0 Å². The number of carbonyl (C=O) groups excluding carboxylic acids is 1. The molecule has 1 aliphatic heterocycles.